The molecule has 0 aliphatic heterocycles. The number of ether oxygens (including phenoxy) is 1. The lowest BCUT2D eigenvalue weighted by atomic mass is 10.1. The number of nitrogens with one attached hydrogen (secondary N) is 1. The molecular formula is C15H23NOS. The van der Waals surface area contributed by atoms with Crippen molar-refractivity contribution in [3.05, 3.63) is 29.3 Å². The molecule has 0 aromatic heterocycles. The van der Waals surface area contributed by atoms with Crippen molar-refractivity contribution >= 4 is 11.8 Å². The molecule has 1 saturated carbocycles. The molecule has 0 amide bonds. The smallest absolute Gasteiger partial charge is 0.123 e. The Morgan fingerprint density at radius 1 is 1.39 bits per heavy atom. The van der Waals surface area contributed by atoms with Gasteiger partial charge in [-0.05, 0) is 32.1 Å². The number of benzene rings is 1. The lowest BCUT2D eigenvalue weighted by molar-refractivity contribution is 0.405. The van der Waals surface area contributed by atoms with Crippen molar-refractivity contribution in [1.82, 2.24) is 5.32 Å². The van der Waals surface area contributed by atoms with Crippen LogP contribution < -0.4 is 10.1 Å². The molecule has 1 aliphatic rings. The highest BCUT2D eigenvalue weighted by Crippen LogP contribution is 2.29. The Kier molecular flexibility index (Phi) is 4.95. The molecule has 0 heterocycles. The molecule has 0 radical (unpaired) electrons. The third-order valence-corrected chi connectivity index (χ3v) is 4.92. The van der Waals surface area contributed by atoms with Gasteiger partial charge in [0, 0.05) is 23.4 Å². The fourth-order valence-electron chi connectivity index (χ4n) is 2.73. The molecule has 0 bridgehead atoms. The van der Waals surface area contributed by atoms with E-state index in [1.54, 1.807) is 7.11 Å². The Balaban J connectivity index is 1.99. The maximum Gasteiger partial charge on any atom is 0.123 e. The van der Waals surface area contributed by atoms with Crippen molar-refractivity contribution in [1.29, 1.82) is 0 Å². The van der Waals surface area contributed by atoms with E-state index < -0.39 is 0 Å². The zero-order valence-electron chi connectivity index (χ0n) is 11.5. The highest BCUT2D eigenvalue weighted by atomic mass is 32.2. The summed E-state index contributed by atoms with van der Waals surface area (Å²) >= 11 is 2.00. The van der Waals surface area contributed by atoms with Gasteiger partial charge in [0.15, 0.2) is 0 Å². The molecule has 0 spiro atoms. The van der Waals surface area contributed by atoms with Gasteiger partial charge in [-0.2, -0.15) is 11.8 Å². The van der Waals surface area contributed by atoms with Crippen molar-refractivity contribution in [2.45, 2.75) is 44.0 Å². The molecule has 18 heavy (non-hydrogen) atoms. The first-order valence-corrected chi connectivity index (χ1v) is 7.93. The van der Waals surface area contributed by atoms with Gasteiger partial charge in [0.2, 0.25) is 0 Å². The molecule has 1 aromatic rings. The Labute approximate surface area is 114 Å². The molecular weight excluding hydrogens is 242 g/mol. The van der Waals surface area contributed by atoms with Crippen molar-refractivity contribution in [3.63, 3.8) is 0 Å². The van der Waals surface area contributed by atoms with Crippen LogP contribution in [0.15, 0.2) is 18.2 Å². The normalized spacial score (nSPS) is 23.3. The van der Waals surface area contributed by atoms with Gasteiger partial charge in [0.05, 0.1) is 7.11 Å². The molecule has 2 atom stereocenters. The van der Waals surface area contributed by atoms with Gasteiger partial charge in [-0.25, -0.2) is 0 Å². The number of methoxy groups -OCH3 is 1. The molecule has 2 unspecified atom stereocenters. The Hall–Kier alpha value is -0.670. The van der Waals surface area contributed by atoms with Crippen molar-refractivity contribution in [2.24, 2.45) is 0 Å². The highest BCUT2D eigenvalue weighted by molar-refractivity contribution is 7.99. The SMILES string of the molecule is COc1ccc(C)cc1CNC1CCCC1SC. The molecule has 1 aliphatic carbocycles. The Morgan fingerprint density at radius 3 is 2.94 bits per heavy atom. The van der Waals surface area contributed by atoms with Gasteiger partial charge in [-0.1, -0.05) is 24.1 Å². The van der Waals surface area contributed by atoms with Gasteiger partial charge in [0.1, 0.15) is 5.75 Å². The molecule has 2 nitrogen and oxygen atoms in total. The summed E-state index contributed by atoms with van der Waals surface area (Å²) in [6.07, 6.45) is 6.23. The van der Waals surface area contributed by atoms with Crippen LogP contribution in [0, 0.1) is 6.92 Å². The van der Waals surface area contributed by atoms with Gasteiger partial charge < -0.3 is 10.1 Å². The predicted octanol–water partition coefficient (Wildman–Crippen LogP) is 3.38. The fraction of sp³-hybridized carbons (Fsp3) is 0.600. The predicted molar refractivity (Wildman–Crippen MR) is 79.5 cm³/mol. The minimum atomic E-state index is 0.658. The van der Waals surface area contributed by atoms with E-state index in [0.29, 0.717) is 6.04 Å². The quantitative estimate of drug-likeness (QED) is 0.882. The van der Waals surface area contributed by atoms with E-state index in [2.05, 4.69) is 36.7 Å². The van der Waals surface area contributed by atoms with Crippen LogP contribution in [0.5, 0.6) is 5.75 Å². The van der Waals surface area contributed by atoms with E-state index in [9.17, 15) is 0 Å². The van der Waals surface area contributed by atoms with Gasteiger partial charge >= 0.3 is 0 Å². The first kappa shape index (κ1) is 13.8. The van der Waals surface area contributed by atoms with Crippen LogP contribution in [-0.2, 0) is 6.54 Å². The monoisotopic (exact) mass is 265 g/mol. The van der Waals surface area contributed by atoms with Crippen LogP contribution >= 0.6 is 11.8 Å². The maximum absolute atomic E-state index is 5.42. The summed E-state index contributed by atoms with van der Waals surface area (Å²) in [5.41, 5.74) is 2.56. The van der Waals surface area contributed by atoms with Crippen molar-refractivity contribution in [3.8, 4) is 5.75 Å². The summed E-state index contributed by atoms with van der Waals surface area (Å²) in [7, 11) is 1.74. The van der Waals surface area contributed by atoms with Gasteiger partial charge in [0.25, 0.3) is 0 Å². The zero-order chi connectivity index (χ0) is 13.0. The van der Waals surface area contributed by atoms with E-state index >= 15 is 0 Å². The number of rotatable bonds is 5. The lowest BCUT2D eigenvalue weighted by Crippen LogP contribution is -2.33. The van der Waals surface area contributed by atoms with Gasteiger partial charge in [-0.15, -0.1) is 0 Å². The van der Waals surface area contributed by atoms with E-state index in [0.717, 1.165) is 17.5 Å². The molecule has 1 aromatic carbocycles. The largest absolute Gasteiger partial charge is 0.496 e. The summed E-state index contributed by atoms with van der Waals surface area (Å²) < 4.78 is 5.42. The molecule has 1 fully saturated rings. The standard InChI is InChI=1S/C15H23NOS/c1-11-7-8-14(17-2)12(9-11)10-16-13-5-4-6-15(13)18-3/h7-9,13,15-16H,4-6,10H2,1-3H3. The minimum absolute atomic E-state index is 0.658. The lowest BCUT2D eigenvalue weighted by Gasteiger charge is -2.20. The van der Waals surface area contributed by atoms with Gasteiger partial charge in [-0.3, -0.25) is 0 Å². The second kappa shape index (κ2) is 6.48. The van der Waals surface area contributed by atoms with Crippen LogP contribution in [0.3, 0.4) is 0 Å². The number of aryl methyl sites for hydroxylation is 1. The third kappa shape index (κ3) is 3.21. The van der Waals surface area contributed by atoms with E-state index in [4.69, 9.17) is 4.74 Å². The summed E-state index contributed by atoms with van der Waals surface area (Å²) in [6.45, 7) is 3.04. The van der Waals surface area contributed by atoms with Crippen LogP contribution in [0.1, 0.15) is 30.4 Å². The number of hydrogen-bond acceptors (Lipinski definition) is 3. The zero-order valence-corrected chi connectivity index (χ0v) is 12.3. The summed E-state index contributed by atoms with van der Waals surface area (Å²) in [5.74, 6) is 0.992. The summed E-state index contributed by atoms with van der Waals surface area (Å²) in [5, 5.41) is 4.48. The molecule has 0 saturated heterocycles. The van der Waals surface area contributed by atoms with Crippen LogP contribution in [0.4, 0.5) is 0 Å². The van der Waals surface area contributed by atoms with Crippen molar-refractivity contribution < 1.29 is 4.74 Å². The highest BCUT2D eigenvalue weighted by Gasteiger charge is 2.25. The summed E-state index contributed by atoms with van der Waals surface area (Å²) in [6, 6.07) is 7.04. The average molecular weight is 265 g/mol. The summed E-state index contributed by atoms with van der Waals surface area (Å²) in [4.78, 5) is 0. The molecule has 100 valence electrons. The van der Waals surface area contributed by atoms with E-state index in [-0.39, 0.29) is 0 Å². The van der Waals surface area contributed by atoms with E-state index in [1.165, 1.54) is 30.4 Å². The molecule has 2 rings (SSSR count). The van der Waals surface area contributed by atoms with Crippen molar-refractivity contribution in [2.75, 3.05) is 13.4 Å². The average Bonchev–Trinajstić information content (AvgIpc) is 2.84. The van der Waals surface area contributed by atoms with Crippen LogP contribution in [0.25, 0.3) is 0 Å². The third-order valence-electron chi connectivity index (χ3n) is 3.75. The maximum atomic E-state index is 5.42. The van der Waals surface area contributed by atoms with Crippen LogP contribution in [0.2, 0.25) is 0 Å². The van der Waals surface area contributed by atoms with E-state index in [1.807, 2.05) is 11.8 Å². The number of thioether (sulfide) groups is 1. The molecule has 3 heteroatoms. The Bertz CT molecular complexity index is 394. The fourth-order valence-corrected chi connectivity index (χ4v) is 3.69. The topological polar surface area (TPSA) is 21.3 Å². The first-order valence-electron chi connectivity index (χ1n) is 6.64. The number of hydrogen-bond donors (Lipinski definition) is 1. The first-order chi connectivity index (χ1) is 8.74. The molecule has 1 N–H and O–H groups in total. The second-order valence-corrected chi connectivity index (χ2v) is 6.08. The van der Waals surface area contributed by atoms with Crippen LogP contribution in [-0.4, -0.2) is 24.7 Å². The Morgan fingerprint density at radius 2 is 2.22 bits per heavy atom. The minimum Gasteiger partial charge on any atom is -0.496 e. The second-order valence-electron chi connectivity index (χ2n) is 5.01.